The average Bonchev–Trinajstić information content (AvgIpc) is 2.98. The lowest BCUT2D eigenvalue weighted by Crippen LogP contribution is -2.37. The van der Waals surface area contributed by atoms with Gasteiger partial charge in [0.1, 0.15) is 0 Å². The maximum absolute atomic E-state index is 12.2. The molecule has 0 aliphatic rings. The molecule has 0 aromatic carbocycles. The van der Waals surface area contributed by atoms with Crippen molar-refractivity contribution in [2.24, 2.45) is 0 Å². The molecule has 0 spiro atoms. The Morgan fingerprint density at radius 1 is 1.33 bits per heavy atom. The van der Waals surface area contributed by atoms with Crippen molar-refractivity contribution >= 4 is 17.4 Å². The number of hydrogen-bond donors (Lipinski definition) is 2. The number of amides is 2. The molecule has 0 fully saturated rings. The number of nitrogens with zero attached hydrogens (tertiary/aromatic N) is 3. The zero-order chi connectivity index (χ0) is 18.1. The van der Waals surface area contributed by atoms with Crippen LogP contribution < -0.4 is 10.6 Å². The van der Waals surface area contributed by atoms with E-state index in [2.05, 4.69) is 41.5 Å². The van der Waals surface area contributed by atoms with Gasteiger partial charge in [-0.05, 0) is 48.5 Å². The van der Waals surface area contributed by atoms with Crippen LogP contribution in [0.25, 0.3) is 0 Å². The monoisotopic (exact) mass is 349 g/mol. The van der Waals surface area contributed by atoms with Gasteiger partial charge in [0.2, 0.25) is 0 Å². The van der Waals surface area contributed by atoms with Crippen molar-refractivity contribution in [3.8, 4) is 0 Å². The van der Waals surface area contributed by atoms with Crippen LogP contribution in [0.2, 0.25) is 0 Å². The van der Waals surface area contributed by atoms with Gasteiger partial charge in [0, 0.05) is 16.6 Å². The Morgan fingerprint density at radius 3 is 2.50 bits per heavy atom. The first-order valence-electron chi connectivity index (χ1n) is 8.12. The Hall–Kier alpha value is -1.89. The molecule has 2 aromatic heterocycles. The van der Waals surface area contributed by atoms with E-state index in [1.54, 1.807) is 11.3 Å². The summed E-state index contributed by atoms with van der Waals surface area (Å²) in [7, 11) is 0. The minimum absolute atomic E-state index is 0.0784. The average molecular weight is 350 g/mol. The minimum Gasteiger partial charge on any atom is -0.332 e. The number of aromatic nitrogens is 3. The predicted molar refractivity (Wildman–Crippen MR) is 97.3 cm³/mol. The zero-order valence-electron chi connectivity index (χ0n) is 15.5. The molecule has 132 valence electrons. The molecule has 7 heteroatoms. The van der Waals surface area contributed by atoms with Crippen LogP contribution in [0.5, 0.6) is 0 Å². The minimum atomic E-state index is -0.199. The van der Waals surface area contributed by atoms with Crippen LogP contribution >= 0.6 is 11.3 Å². The molecule has 0 aliphatic heterocycles. The maximum Gasteiger partial charge on any atom is 0.315 e. The first-order valence-corrected chi connectivity index (χ1v) is 8.93. The first kappa shape index (κ1) is 18.4. The predicted octanol–water partition coefficient (Wildman–Crippen LogP) is 3.58. The fraction of sp³-hybridized carbons (Fsp3) is 0.588. The summed E-state index contributed by atoms with van der Waals surface area (Å²) >= 11 is 1.64. The highest BCUT2D eigenvalue weighted by Gasteiger charge is 2.20. The van der Waals surface area contributed by atoms with E-state index in [4.69, 9.17) is 0 Å². The number of nitrogens with one attached hydrogen (secondary N) is 2. The molecule has 0 radical (unpaired) electrons. The van der Waals surface area contributed by atoms with Crippen LogP contribution in [-0.4, -0.2) is 20.8 Å². The van der Waals surface area contributed by atoms with Crippen molar-refractivity contribution in [3.05, 3.63) is 33.0 Å². The number of urea groups is 1. The fourth-order valence-electron chi connectivity index (χ4n) is 2.47. The van der Waals surface area contributed by atoms with Crippen molar-refractivity contribution in [2.45, 2.75) is 66.6 Å². The standard InChI is InChI=1S/C17H27N5OS/c1-10(14-9-22(17(5,6)7)21-11(14)2)19-16(23)18-8-15-12(3)24-13(4)20-15/h9-10H,8H2,1-7H3,(H2,18,19,23)/t10-/m1/s1. The molecule has 0 bridgehead atoms. The third-order valence-electron chi connectivity index (χ3n) is 3.85. The highest BCUT2D eigenvalue weighted by Crippen LogP contribution is 2.21. The van der Waals surface area contributed by atoms with Gasteiger partial charge in [0.15, 0.2) is 0 Å². The van der Waals surface area contributed by atoms with E-state index in [0.29, 0.717) is 6.54 Å². The molecule has 0 aliphatic carbocycles. The van der Waals surface area contributed by atoms with Crippen molar-refractivity contribution < 1.29 is 4.79 Å². The molecule has 2 heterocycles. The Bertz CT molecular complexity index is 726. The SMILES string of the molecule is Cc1nc(CNC(=O)N[C@H](C)c2cn(C(C)(C)C)nc2C)c(C)s1. The van der Waals surface area contributed by atoms with E-state index in [1.165, 1.54) is 0 Å². The van der Waals surface area contributed by atoms with Gasteiger partial charge < -0.3 is 10.6 Å². The van der Waals surface area contributed by atoms with Crippen molar-refractivity contribution in [3.63, 3.8) is 0 Å². The van der Waals surface area contributed by atoms with Gasteiger partial charge in [0.25, 0.3) is 0 Å². The summed E-state index contributed by atoms with van der Waals surface area (Å²) in [6.45, 7) is 14.7. The van der Waals surface area contributed by atoms with E-state index < -0.39 is 0 Å². The largest absolute Gasteiger partial charge is 0.332 e. The van der Waals surface area contributed by atoms with E-state index >= 15 is 0 Å². The van der Waals surface area contributed by atoms with E-state index in [1.807, 2.05) is 38.6 Å². The lowest BCUT2D eigenvalue weighted by atomic mass is 10.1. The van der Waals surface area contributed by atoms with Crippen molar-refractivity contribution in [2.75, 3.05) is 0 Å². The molecule has 0 unspecified atom stereocenters. The normalized spacial score (nSPS) is 13.0. The van der Waals surface area contributed by atoms with Gasteiger partial charge in [-0.1, -0.05) is 0 Å². The molecule has 2 rings (SSSR count). The van der Waals surface area contributed by atoms with Crippen LogP contribution in [0.3, 0.4) is 0 Å². The third kappa shape index (κ3) is 4.35. The summed E-state index contributed by atoms with van der Waals surface area (Å²) < 4.78 is 1.94. The molecule has 2 aromatic rings. The van der Waals surface area contributed by atoms with E-state index in [-0.39, 0.29) is 17.6 Å². The molecule has 2 N–H and O–H groups in total. The van der Waals surface area contributed by atoms with Gasteiger partial charge in [-0.2, -0.15) is 5.10 Å². The molecule has 0 saturated heterocycles. The molecule has 0 saturated carbocycles. The Balaban J connectivity index is 1.96. The number of carbonyl (C=O) groups excluding carboxylic acids is 1. The van der Waals surface area contributed by atoms with Crippen LogP contribution in [0.1, 0.15) is 60.6 Å². The van der Waals surface area contributed by atoms with Crippen molar-refractivity contribution in [1.82, 2.24) is 25.4 Å². The highest BCUT2D eigenvalue weighted by molar-refractivity contribution is 7.11. The van der Waals surface area contributed by atoms with Gasteiger partial charge in [-0.15, -0.1) is 11.3 Å². The number of thiazole rings is 1. The third-order valence-corrected chi connectivity index (χ3v) is 4.78. The number of aryl methyl sites for hydroxylation is 3. The maximum atomic E-state index is 12.2. The van der Waals surface area contributed by atoms with Crippen LogP contribution in [-0.2, 0) is 12.1 Å². The van der Waals surface area contributed by atoms with Gasteiger partial charge in [0.05, 0.1) is 34.5 Å². The number of carbonyl (C=O) groups is 1. The fourth-order valence-corrected chi connectivity index (χ4v) is 3.30. The summed E-state index contributed by atoms with van der Waals surface area (Å²) in [6, 6.07) is -0.310. The summed E-state index contributed by atoms with van der Waals surface area (Å²) in [6.07, 6.45) is 2.01. The summed E-state index contributed by atoms with van der Waals surface area (Å²) in [5.41, 5.74) is 2.81. The Morgan fingerprint density at radius 2 is 2.00 bits per heavy atom. The zero-order valence-corrected chi connectivity index (χ0v) is 16.3. The Kier molecular flexibility index (Phi) is 5.32. The second kappa shape index (κ2) is 6.93. The highest BCUT2D eigenvalue weighted by atomic mass is 32.1. The van der Waals surface area contributed by atoms with Crippen LogP contribution in [0.15, 0.2) is 6.20 Å². The molecule has 24 heavy (non-hydrogen) atoms. The van der Waals surface area contributed by atoms with E-state index in [9.17, 15) is 4.79 Å². The number of hydrogen-bond acceptors (Lipinski definition) is 4. The molecule has 6 nitrogen and oxygen atoms in total. The van der Waals surface area contributed by atoms with Gasteiger partial charge in [-0.3, -0.25) is 4.68 Å². The lowest BCUT2D eigenvalue weighted by molar-refractivity contribution is 0.237. The lowest BCUT2D eigenvalue weighted by Gasteiger charge is -2.19. The second-order valence-electron chi connectivity index (χ2n) is 7.07. The van der Waals surface area contributed by atoms with Gasteiger partial charge in [-0.25, -0.2) is 9.78 Å². The quantitative estimate of drug-likeness (QED) is 0.886. The molecular formula is C17H27N5OS. The molecule has 1 atom stereocenters. The topological polar surface area (TPSA) is 71.8 Å². The smallest absolute Gasteiger partial charge is 0.315 e. The van der Waals surface area contributed by atoms with Crippen molar-refractivity contribution in [1.29, 1.82) is 0 Å². The number of rotatable bonds is 4. The van der Waals surface area contributed by atoms with Crippen LogP contribution in [0.4, 0.5) is 4.79 Å². The molecular weight excluding hydrogens is 322 g/mol. The Labute approximate surface area is 147 Å². The van der Waals surface area contributed by atoms with Gasteiger partial charge >= 0.3 is 6.03 Å². The summed E-state index contributed by atoms with van der Waals surface area (Å²) in [5.74, 6) is 0. The molecule has 2 amide bonds. The summed E-state index contributed by atoms with van der Waals surface area (Å²) in [4.78, 5) is 17.7. The van der Waals surface area contributed by atoms with Crippen LogP contribution in [0, 0.1) is 20.8 Å². The second-order valence-corrected chi connectivity index (χ2v) is 8.48. The first-order chi connectivity index (χ1) is 11.1. The van der Waals surface area contributed by atoms with E-state index in [0.717, 1.165) is 26.8 Å². The summed E-state index contributed by atoms with van der Waals surface area (Å²) in [5, 5.41) is 11.4.